The number of terminal acetylenes is 1. The topological polar surface area (TPSA) is 79.0 Å². The lowest BCUT2D eigenvalue weighted by Crippen LogP contribution is -2.60. The van der Waals surface area contributed by atoms with Crippen molar-refractivity contribution < 1.29 is 19.1 Å². The summed E-state index contributed by atoms with van der Waals surface area (Å²) in [4.78, 5) is 40.4. The molecule has 2 saturated heterocycles. The third-order valence-electron chi connectivity index (χ3n) is 5.31. The fourth-order valence-corrected chi connectivity index (χ4v) is 4.01. The maximum Gasteiger partial charge on any atom is 0.271 e. The molecule has 2 fully saturated rings. The lowest BCUT2D eigenvalue weighted by molar-refractivity contribution is -0.146. The van der Waals surface area contributed by atoms with Crippen LogP contribution in [0.25, 0.3) is 0 Å². The van der Waals surface area contributed by atoms with E-state index >= 15 is 0 Å². The number of nitrogens with zero attached hydrogens (tertiary/aromatic N) is 2. The van der Waals surface area contributed by atoms with Crippen molar-refractivity contribution in [3.63, 3.8) is 0 Å². The normalized spacial score (nSPS) is 27.3. The molecule has 3 aliphatic rings. The van der Waals surface area contributed by atoms with Crippen LogP contribution in [-0.2, 0) is 19.1 Å². The van der Waals surface area contributed by atoms with Gasteiger partial charge in [-0.1, -0.05) is 19.8 Å². The number of rotatable bonds is 4. The van der Waals surface area contributed by atoms with Gasteiger partial charge < -0.3 is 14.5 Å². The zero-order valence-electron chi connectivity index (χ0n) is 15.2. The van der Waals surface area contributed by atoms with Crippen LogP contribution in [0.3, 0.4) is 0 Å². The van der Waals surface area contributed by atoms with Gasteiger partial charge in [-0.05, 0) is 12.3 Å². The molecule has 7 heteroatoms. The van der Waals surface area contributed by atoms with Gasteiger partial charge >= 0.3 is 0 Å². The number of carbonyl (C=O) groups is 3. The van der Waals surface area contributed by atoms with Crippen LogP contribution >= 0.6 is 0 Å². The number of hydrogen-bond acceptors (Lipinski definition) is 5. The van der Waals surface area contributed by atoms with Gasteiger partial charge in [0.2, 0.25) is 17.8 Å². The molecule has 0 aromatic rings. The van der Waals surface area contributed by atoms with Gasteiger partial charge in [-0.15, -0.1) is 6.42 Å². The fourth-order valence-electron chi connectivity index (χ4n) is 4.01. The van der Waals surface area contributed by atoms with E-state index in [1.165, 1.54) is 12.3 Å². The van der Waals surface area contributed by atoms with Crippen LogP contribution in [0.1, 0.15) is 33.1 Å². The van der Waals surface area contributed by atoms with E-state index in [0.717, 1.165) is 6.42 Å². The Morgan fingerprint density at radius 3 is 2.65 bits per heavy atom. The van der Waals surface area contributed by atoms with E-state index in [-0.39, 0.29) is 30.2 Å². The molecule has 7 nitrogen and oxygen atoms in total. The van der Waals surface area contributed by atoms with E-state index < -0.39 is 11.8 Å². The first-order valence-corrected chi connectivity index (χ1v) is 9.05. The summed E-state index contributed by atoms with van der Waals surface area (Å²) in [5.74, 6) is 2.36. The summed E-state index contributed by atoms with van der Waals surface area (Å²) in [5.41, 5.74) is -0.515. The summed E-state index contributed by atoms with van der Waals surface area (Å²) in [6.45, 7) is 5.31. The van der Waals surface area contributed by atoms with Gasteiger partial charge in [-0.25, -0.2) is 0 Å². The Kier molecular flexibility index (Phi) is 5.05. The minimum Gasteiger partial charge on any atom is -0.480 e. The third kappa shape index (κ3) is 3.21. The molecule has 26 heavy (non-hydrogen) atoms. The Morgan fingerprint density at radius 2 is 2.12 bits per heavy atom. The first kappa shape index (κ1) is 18.5. The molecule has 3 heterocycles. The van der Waals surface area contributed by atoms with Crippen molar-refractivity contribution in [2.45, 2.75) is 50.9 Å². The van der Waals surface area contributed by atoms with Crippen LogP contribution in [0.15, 0.2) is 12.3 Å². The average molecular weight is 359 g/mol. The first-order valence-electron chi connectivity index (χ1n) is 9.05. The quantitative estimate of drug-likeness (QED) is 0.576. The maximum absolute atomic E-state index is 12.8. The number of carbonyl (C=O) groups excluding carboxylic acids is 3. The summed E-state index contributed by atoms with van der Waals surface area (Å²) < 4.78 is 5.11. The molecule has 1 N–H and O–H groups in total. The van der Waals surface area contributed by atoms with E-state index in [0.29, 0.717) is 31.8 Å². The van der Waals surface area contributed by atoms with Crippen LogP contribution in [0.2, 0.25) is 0 Å². The fraction of sp³-hybridized carbons (Fsp3) is 0.632. The predicted octanol–water partition coefficient (Wildman–Crippen LogP) is 0.266. The SMILES string of the molecule is C#CCN1C(=O)C(CC(C)C)NC12CCN(C(=O)C1OC=CC1=O)CC2. The number of piperidine rings is 1. The number of hydrogen-bond donors (Lipinski definition) is 1. The van der Waals surface area contributed by atoms with Crippen molar-refractivity contribution in [3.8, 4) is 12.3 Å². The second-order valence-electron chi connectivity index (χ2n) is 7.53. The number of ketones is 1. The molecular weight excluding hydrogens is 334 g/mol. The lowest BCUT2D eigenvalue weighted by Gasteiger charge is -2.44. The van der Waals surface area contributed by atoms with Crippen LogP contribution < -0.4 is 5.32 Å². The molecular formula is C19H25N3O4. The number of likely N-dealkylation sites (tertiary alicyclic amines) is 1. The smallest absolute Gasteiger partial charge is 0.271 e. The predicted molar refractivity (Wildman–Crippen MR) is 94.5 cm³/mol. The van der Waals surface area contributed by atoms with Crippen LogP contribution in [0, 0.1) is 18.3 Å². The second kappa shape index (κ2) is 7.12. The minimum absolute atomic E-state index is 0.0370. The molecule has 0 saturated carbocycles. The molecule has 0 bridgehead atoms. The standard InChI is InChI=1S/C19H25N3O4/c1-4-8-22-17(24)14(12-13(2)3)20-19(22)6-9-21(10-7-19)18(25)16-15(23)5-11-26-16/h1,5,11,13-14,16,20H,6-10,12H2,2-3H3. The highest BCUT2D eigenvalue weighted by molar-refractivity contribution is 6.10. The van der Waals surface area contributed by atoms with Crippen molar-refractivity contribution in [3.05, 3.63) is 12.3 Å². The molecule has 1 spiro atoms. The molecule has 0 radical (unpaired) electrons. The zero-order chi connectivity index (χ0) is 18.9. The molecule has 2 amide bonds. The van der Waals surface area contributed by atoms with Gasteiger partial charge in [0.25, 0.3) is 5.91 Å². The largest absolute Gasteiger partial charge is 0.480 e. The van der Waals surface area contributed by atoms with Gasteiger partial charge in [0.1, 0.15) is 0 Å². The Morgan fingerprint density at radius 1 is 1.42 bits per heavy atom. The van der Waals surface area contributed by atoms with Crippen LogP contribution in [0.4, 0.5) is 0 Å². The van der Waals surface area contributed by atoms with Crippen molar-refractivity contribution in [2.75, 3.05) is 19.6 Å². The van der Waals surface area contributed by atoms with E-state index in [2.05, 4.69) is 25.1 Å². The summed E-state index contributed by atoms with van der Waals surface area (Å²) in [6, 6.07) is -0.241. The first-order chi connectivity index (χ1) is 12.4. The minimum atomic E-state index is -1.06. The molecule has 0 aliphatic carbocycles. The monoisotopic (exact) mass is 359 g/mol. The molecule has 0 aromatic carbocycles. The summed E-state index contributed by atoms with van der Waals surface area (Å²) in [5, 5.41) is 3.49. The number of ether oxygens (including phenoxy) is 1. The summed E-state index contributed by atoms with van der Waals surface area (Å²) in [7, 11) is 0. The molecule has 0 aromatic heterocycles. The summed E-state index contributed by atoms with van der Waals surface area (Å²) >= 11 is 0. The van der Waals surface area contributed by atoms with Crippen LogP contribution in [-0.4, -0.2) is 64.8 Å². The highest BCUT2D eigenvalue weighted by Gasteiger charge is 2.52. The Labute approximate surface area is 153 Å². The lowest BCUT2D eigenvalue weighted by atomic mass is 9.95. The van der Waals surface area contributed by atoms with Gasteiger partial charge in [0.05, 0.1) is 24.5 Å². The highest BCUT2D eigenvalue weighted by Crippen LogP contribution is 2.34. The summed E-state index contributed by atoms with van der Waals surface area (Å²) in [6.07, 6.45) is 8.87. The van der Waals surface area contributed by atoms with Crippen molar-refractivity contribution in [1.82, 2.24) is 15.1 Å². The second-order valence-corrected chi connectivity index (χ2v) is 7.53. The van der Waals surface area contributed by atoms with E-state index in [9.17, 15) is 14.4 Å². The number of nitrogens with one attached hydrogen (secondary N) is 1. The van der Waals surface area contributed by atoms with E-state index in [1.54, 1.807) is 9.80 Å². The Balaban J connectivity index is 1.69. The van der Waals surface area contributed by atoms with Gasteiger partial charge in [-0.2, -0.15) is 0 Å². The van der Waals surface area contributed by atoms with Crippen molar-refractivity contribution in [2.24, 2.45) is 5.92 Å². The van der Waals surface area contributed by atoms with Gasteiger partial charge in [0, 0.05) is 32.0 Å². The van der Waals surface area contributed by atoms with Gasteiger partial charge in [0.15, 0.2) is 0 Å². The Hall–Kier alpha value is -2.33. The number of amides is 2. The maximum atomic E-state index is 12.8. The molecule has 2 atom stereocenters. The molecule has 3 rings (SSSR count). The average Bonchev–Trinajstić information content (AvgIpc) is 3.12. The van der Waals surface area contributed by atoms with E-state index in [4.69, 9.17) is 11.2 Å². The van der Waals surface area contributed by atoms with Crippen molar-refractivity contribution >= 4 is 17.6 Å². The van der Waals surface area contributed by atoms with Gasteiger partial charge in [-0.3, -0.25) is 19.7 Å². The molecule has 2 unspecified atom stereocenters. The molecule has 140 valence electrons. The third-order valence-corrected chi connectivity index (χ3v) is 5.31. The zero-order valence-corrected chi connectivity index (χ0v) is 15.2. The van der Waals surface area contributed by atoms with E-state index in [1.807, 2.05) is 0 Å². The van der Waals surface area contributed by atoms with Crippen LogP contribution in [0.5, 0.6) is 0 Å². The molecule has 3 aliphatic heterocycles. The highest BCUT2D eigenvalue weighted by atomic mass is 16.5. The van der Waals surface area contributed by atoms with Crippen molar-refractivity contribution in [1.29, 1.82) is 0 Å². The Bertz CT molecular complexity index is 671.